The number of aromatic nitrogens is 3. The van der Waals surface area contributed by atoms with Crippen LogP contribution < -0.4 is 0 Å². The summed E-state index contributed by atoms with van der Waals surface area (Å²) in [5, 5.41) is 5.22. The summed E-state index contributed by atoms with van der Waals surface area (Å²) in [6.45, 7) is 4.08. The normalized spacial score (nSPS) is 10.8. The van der Waals surface area contributed by atoms with Crippen LogP contribution in [0.25, 0.3) is 16.8 Å². The SMILES string of the molecule is Cc1c(Cl)ccc(-n2cc(-c3cccnc3)cn2)c1C. The second-order valence-corrected chi connectivity index (χ2v) is 5.14. The number of hydrogen-bond donors (Lipinski definition) is 0. The predicted molar refractivity (Wildman–Crippen MR) is 81.3 cm³/mol. The summed E-state index contributed by atoms with van der Waals surface area (Å²) in [5.41, 5.74) is 5.37. The van der Waals surface area contributed by atoms with E-state index in [2.05, 4.69) is 17.0 Å². The Morgan fingerprint density at radius 2 is 1.85 bits per heavy atom. The second kappa shape index (κ2) is 5.10. The topological polar surface area (TPSA) is 30.7 Å². The quantitative estimate of drug-likeness (QED) is 0.705. The van der Waals surface area contributed by atoms with Gasteiger partial charge in [0, 0.05) is 34.7 Å². The highest BCUT2D eigenvalue weighted by atomic mass is 35.5. The maximum Gasteiger partial charge on any atom is 0.0678 e. The molecule has 1 aromatic carbocycles. The monoisotopic (exact) mass is 283 g/mol. The minimum absolute atomic E-state index is 0.783. The van der Waals surface area contributed by atoms with Gasteiger partial charge in [-0.15, -0.1) is 0 Å². The zero-order valence-electron chi connectivity index (χ0n) is 11.3. The zero-order valence-corrected chi connectivity index (χ0v) is 12.1. The fourth-order valence-electron chi connectivity index (χ4n) is 2.16. The maximum atomic E-state index is 6.14. The van der Waals surface area contributed by atoms with Crippen molar-refractivity contribution in [2.75, 3.05) is 0 Å². The minimum Gasteiger partial charge on any atom is -0.264 e. The predicted octanol–water partition coefficient (Wildman–Crippen LogP) is 4.20. The number of hydrogen-bond acceptors (Lipinski definition) is 2. The van der Waals surface area contributed by atoms with Crippen molar-refractivity contribution in [3.05, 3.63) is 65.2 Å². The average molecular weight is 284 g/mol. The van der Waals surface area contributed by atoms with E-state index < -0.39 is 0 Å². The number of nitrogens with zero attached hydrogens (tertiary/aromatic N) is 3. The van der Waals surface area contributed by atoms with Gasteiger partial charge in [-0.25, -0.2) is 4.68 Å². The largest absolute Gasteiger partial charge is 0.264 e. The summed E-state index contributed by atoms with van der Waals surface area (Å²) in [5.74, 6) is 0. The van der Waals surface area contributed by atoms with Crippen molar-refractivity contribution in [3.8, 4) is 16.8 Å². The molecule has 0 saturated carbocycles. The summed E-state index contributed by atoms with van der Waals surface area (Å²) >= 11 is 6.14. The van der Waals surface area contributed by atoms with Crippen molar-refractivity contribution in [1.82, 2.24) is 14.8 Å². The van der Waals surface area contributed by atoms with Gasteiger partial charge in [-0.3, -0.25) is 4.98 Å². The highest BCUT2D eigenvalue weighted by Crippen LogP contribution is 2.26. The summed E-state index contributed by atoms with van der Waals surface area (Å²) in [6, 6.07) is 7.84. The third-order valence-corrected chi connectivity index (χ3v) is 3.93. The van der Waals surface area contributed by atoms with Crippen molar-refractivity contribution in [2.45, 2.75) is 13.8 Å². The second-order valence-electron chi connectivity index (χ2n) is 4.73. The van der Waals surface area contributed by atoms with E-state index in [-0.39, 0.29) is 0 Å². The minimum atomic E-state index is 0.783. The van der Waals surface area contributed by atoms with E-state index in [9.17, 15) is 0 Å². The lowest BCUT2D eigenvalue weighted by atomic mass is 10.1. The average Bonchev–Trinajstić information content (AvgIpc) is 2.95. The summed E-state index contributed by atoms with van der Waals surface area (Å²) < 4.78 is 1.88. The van der Waals surface area contributed by atoms with E-state index in [4.69, 9.17) is 11.6 Å². The van der Waals surface area contributed by atoms with Crippen molar-refractivity contribution in [2.24, 2.45) is 0 Å². The Hall–Kier alpha value is -2.13. The third-order valence-electron chi connectivity index (χ3n) is 3.52. The van der Waals surface area contributed by atoms with Gasteiger partial charge < -0.3 is 0 Å². The van der Waals surface area contributed by atoms with E-state index in [0.717, 1.165) is 33.0 Å². The molecular formula is C16H14ClN3. The van der Waals surface area contributed by atoms with Crippen LogP contribution in [0, 0.1) is 13.8 Å². The number of halogens is 1. The molecule has 2 aromatic heterocycles. The highest BCUT2D eigenvalue weighted by molar-refractivity contribution is 6.31. The Kier molecular flexibility index (Phi) is 3.28. The summed E-state index contributed by atoms with van der Waals surface area (Å²) in [4.78, 5) is 4.13. The Labute approximate surface area is 122 Å². The molecule has 0 bridgehead atoms. The van der Waals surface area contributed by atoms with Crippen LogP contribution in [0.1, 0.15) is 11.1 Å². The Morgan fingerprint density at radius 3 is 2.60 bits per heavy atom. The van der Waals surface area contributed by atoms with Gasteiger partial charge in [0.2, 0.25) is 0 Å². The number of benzene rings is 1. The first-order valence-electron chi connectivity index (χ1n) is 6.38. The Morgan fingerprint density at radius 1 is 1.00 bits per heavy atom. The molecule has 3 nitrogen and oxygen atoms in total. The number of pyridine rings is 1. The molecule has 0 unspecified atom stereocenters. The third kappa shape index (κ3) is 2.21. The van der Waals surface area contributed by atoms with Gasteiger partial charge in [-0.2, -0.15) is 5.10 Å². The van der Waals surface area contributed by atoms with Gasteiger partial charge in [0.25, 0.3) is 0 Å². The van der Waals surface area contributed by atoms with Gasteiger partial charge in [0.1, 0.15) is 0 Å². The molecule has 0 aliphatic rings. The van der Waals surface area contributed by atoms with E-state index in [0.29, 0.717) is 0 Å². The molecule has 2 heterocycles. The highest BCUT2D eigenvalue weighted by Gasteiger charge is 2.09. The van der Waals surface area contributed by atoms with Crippen LogP contribution in [0.5, 0.6) is 0 Å². The lowest BCUT2D eigenvalue weighted by Crippen LogP contribution is -1.99. The molecule has 0 radical (unpaired) electrons. The fourth-order valence-corrected chi connectivity index (χ4v) is 2.36. The number of rotatable bonds is 2. The molecule has 0 fully saturated rings. The summed E-state index contributed by atoms with van der Waals surface area (Å²) in [7, 11) is 0. The van der Waals surface area contributed by atoms with E-state index in [1.165, 1.54) is 0 Å². The molecule has 0 atom stereocenters. The lowest BCUT2D eigenvalue weighted by Gasteiger charge is -2.09. The van der Waals surface area contributed by atoms with Crippen LogP contribution in [-0.2, 0) is 0 Å². The van der Waals surface area contributed by atoms with Crippen LogP contribution in [0.2, 0.25) is 5.02 Å². The van der Waals surface area contributed by atoms with E-state index in [1.807, 2.05) is 54.5 Å². The molecule has 4 heteroatoms. The first kappa shape index (κ1) is 12.9. The molecule has 0 aliphatic carbocycles. The van der Waals surface area contributed by atoms with Gasteiger partial charge in [-0.05, 0) is 43.2 Å². The van der Waals surface area contributed by atoms with E-state index >= 15 is 0 Å². The maximum absolute atomic E-state index is 6.14. The Balaban J connectivity index is 2.05. The smallest absolute Gasteiger partial charge is 0.0678 e. The molecule has 3 rings (SSSR count). The van der Waals surface area contributed by atoms with Crippen molar-refractivity contribution >= 4 is 11.6 Å². The van der Waals surface area contributed by atoms with Crippen LogP contribution in [0.3, 0.4) is 0 Å². The molecular weight excluding hydrogens is 270 g/mol. The van der Waals surface area contributed by atoms with E-state index in [1.54, 1.807) is 6.20 Å². The van der Waals surface area contributed by atoms with Crippen LogP contribution in [0.15, 0.2) is 49.1 Å². The molecule has 0 spiro atoms. The van der Waals surface area contributed by atoms with Crippen LogP contribution in [-0.4, -0.2) is 14.8 Å². The van der Waals surface area contributed by atoms with Gasteiger partial charge in [0.15, 0.2) is 0 Å². The molecule has 0 aliphatic heterocycles. The van der Waals surface area contributed by atoms with Gasteiger partial charge >= 0.3 is 0 Å². The molecule has 0 N–H and O–H groups in total. The Bertz CT molecular complexity index is 748. The molecule has 20 heavy (non-hydrogen) atoms. The van der Waals surface area contributed by atoms with Gasteiger partial charge in [-0.1, -0.05) is 17.7 Å². The van der Waals surface area contributed by atoms with Crippen molar-refractivity contribution in [1.29, 1.82) is 0 Å². The van der Waals surface area contributed by atoms with Crippen molar-refractivity contribution < 1.29 is 0 Å². The van der Waals surface area contributed by atoms with Crippen molar-refractivity contribution in [3.63, 3.8) is 0 Å². The molecule has 0 saturated heterocycles. The first-order valence-corrected chi connectivity index (χ1v) is 6.76. The standard InChI is InChI=1S/C16H14ClN3/c1-11-12(2)16(6-5-15(11)17)20-10-14(9-19-20)13-4-3-7-18-8-13/h3-10H,1-2H3. The van der Waals surface area contributed by atoms with Crippen LogP contribution >= 0.6 is 11.6 Å². The van der Waals surface area contributed by atoms with Gasteiger partial charge in [0.05, 0.1) is 11.9 Å². The molecule has 100 valence electrons. The molecule has 0 amide bonds. The zero-order chi connectivity index (χ0) is 14.1. The van der Waals surface area contributed by atoms with Crippen LogP contribution in [0.4, 0.5) is 0 Å². The molecule has 3 aromatic rings. The first-order chi connectivity index (χ1) is 9.66. The lowest BCUT2D eigenvalue weighted by molar-refractivity contribution is 0.870. The fraction of sp³-hybridized carbons (Fsp3) is 0.125. The summed E-state index contributed by atoms with van der Waals surface area (Å²) in [6.07, 6.45) is 7.45.